The zero-order valence-corrected chi connectivity index (χ0v) is 18.9. The minimum absolute atomic E-state index is 0.0334. The van der Waals surface area contributed by atoms with Crippen LogP contribution in [0.5, 0.6) is 5.75 Å². The van der Waals surface area contributed by atoms with Crippen molar-refractivity contribution in [3.05, 3.63) is 59.5 Å². The number of carboxylic acids is 1. The first kappa shape index (κ1) is 23.0. The number of pyridine rings is 1. The van der Waals surface area contributed by atoms with E-state index in [4.69, 9.17) is 21.4 Å². The van der Waals surface area contributed by atoms with Gasteiger partial charge in [-0.15, -0.1) is 0 Å². The summed E-state index contributed by atoms with van der Waals surface area (Å²) in [5, 5.41) is 10.2. The zero-order valence-electron chi connectivity index (χ0n) is 18.1. The molecule has 0 spiro atoms. The van der Waals surface area contributed by atoms with Crippen molar-refractivity contribution in [3.8, 4) is 16.9 Å². The minimum atomic E-state index is -0.844. The number of likely N-dealkylation sites (tertiary alicyclic amines) is 1. The van der Waals surface area contributed by atoms with Crippen molar-refractivity contribution in [1.82, 2.24) is 9.88 Å². The van der Waals surface area contributed by atoms with Crippen molar-refractivity contribution in [2.24, 2.45) is 5.92 Å². The molecule has 2 heterocycles. The van der Waals surface area contributed by atoms with Crippen LogP contribution in [0, 0.1) is 11.7 Å². The Bertz CT molecular complexity index is 1200. The normalized spacial score (nSPS) is 17.1. The fraction of sp³-hybridized carbons (Fsp3) is 0.320. The van der Waals surface area contributed by atoms with Crippen LogP contribution >= 0.6 is 11.6 Å². The van der Waals surface area contributed by atoms with Gasteiger partial charge < -0.3 is 14.7 Å². The fourth-order valence-electron chi connectivity index (χ4n) is 4.33. The third kappa shape index (κ3) is 5.25. The van der Waals surface area contributed by atoms with E-state index < -0.39 is 17.9 Å². The molecule has 172 valence electrons. The van der Waals surface area contributed by atoms with Gasteiger partial charge in [0.2, 0.25) is 0 Å². The van der Waals surface area contributed by atoms with Crippen molar-refractivity contribution < 1.29 is 23.8 Å². The fourth-order valence-corrected chi connectivity index (χ4v) is 4.60. The lowest BCUT2D eigenvalue weighted by molar-refractivity contribution is -0.143. The highest BCUT2D eigenvalue weighted by atomic mass is 35.5. The monoisotopic (exact) mass is 470 g/mol. The van der Waals surface area contributed by atoms with Crippen LogP contribution in [0.4, 0.5) is 4.39 Å². The second-order valence-electron chi connectivity index (χ2n) is 8.31. The number of fused-ring (bicyclic) bond motifs is 1. The number of piperidine rings is 1. The number of rotatable bonds is 6. The Labute approximate surface area is 195 Å². The molecular weight excluding hydrogens is 447 g/mol. The average Bonchev–Trinajstić information content (AvgIpc) is 2.78. The molecule has 1 fully saturated rings. The highest BCUT2D eigenvalue weighted by Crippen LogP contribution is 2.34. The van der Waals surface area contributed by atoms with Crippen LogP contribution in [0.2, 0.25) is 5.02 Å². The Kier molecular flexibility index (Phi) is 6.79. The minimum Gasteiger partial charge on any atom is -0.481 e. The highest BCUT2D eigenvalue weighted by Gasteiger charge is 2.29. The summed E-state index contributed by atoms with van der Waals surface area (Å²) in [6, 6.07) is 11.4. The smallest absolute Gasteiger partial charge is 0.303 e. The van der Waals surface area contributed by atoms with E-state index in [0.717, 1.165) is 23.8 Å². The maximum Gasteiger partial charge on any atom is 0.303 e. The number of aromatic nitrogens is 1. The number of halogens is 2. The number of benzene rings is 2. The van der Waals surface area contributed by atoms with E-state index in [1.807, 2.05) is 12.1 Å². The number of carbonyl (C=O) groups is 2. The van der Waals surface area contributed by atoms with Crippen LogP contribution < -0.4 is 4.74 Å². The van der Waals surface area contributed by atoms with E-state index in [9.17, 15) is 14.0 Å². The molecule has 1 N–H and O–H groups in total. The van der Waals surface area contributed by atoms with Crippen LogP contribution in [0.1, 0.15) is 26.2 Å². The lowest BCUT2D eigenvalue weighted by atomic mass is 9.94. The lowest BCUT2D eigenvalue weighted by Crippen LogP contribution is -2.46. The molecule has 0 bridgehead atoms. The standard InChI is InChI=1S/C25H24ClFN2O4/c1-15(25(32)29-10-2-3-16(14-29)11-24(30)31)33-18-5-7-21-19(8-9-28-23(21)13-18)20-6-4-17(27)12-22(20)26/h4-9,12-13,15-16H,2-3,10-11,14H2,1H3,(H,30,31)/t15-,16-/m1/s1. The number of ether oxygens (including phenoxy) is 1. The summed E-state index contributed by atoms with van der Waals surface area (Å²) in [7, 11) is 0. The van der Waals surface area contributed by atoms with E-state index >= 15 is 0 Å². The van der Waals surface area contributed by atoms with Gasteiger partial charge in [0.1, 0.15) is 11.6 Å². The number of aliphatic carboxylic acids is 1. The predicted octanol–water partition coefficient (Wildman–Crippen LogP) is 5.17. The van der Waals surface area contributed by atoms with Crippen LogP contribution in [-0.2, 0) is 9.59 Å². The molecule has 6 nitrogen and oxygen atoms in total. The predicted molar refractivity (Wildman–Crippen MR) is 124 cm³/mol. The van der Waals surface area contributed by atoms with Gasteiger partial charge in [-0.3, -0.25) is 14.6 Å². The van der Waals surface area contributed by atoms with Crippen LogP contribution in [-0.4, -0.2) is 46.1 Å². The number of carboxylic acid groups (broad SMARTS) is 1. The summed E-state index contributed by atoms with van der Waals surface area (Å²) in [6.07, 6.45) is 2.58. The molecule has 2 atom stereocenters. The second kappa shape index (κ2) is 9.75. The lowest BCUT2D eigenvalue weighted by Gasteiger charge is -2.33. The topological polar surface area (TPSA) is 79.7 Å². The zero-order chi connectivity index (χ0) is 23.5. The summed E-state index contributed by atoms with van der Waals surface area (Å²) in [6.45, 7) is 2.72. The van der Waals surface area contributed by atoms with Crippen molar-refractivity contribution in [3.63, 3.8) is 0 Å². The van der Waals surface area contributed by atoms with Crippen molar-refractivity contribution in [2.75, 3.05) is 13.1 Å². The number of hydrogen-bond donors (Lipinski definition) is 1. The maximum absolute atomic E-state index is 13.5. The summed E-state index contributed by atoms with van der Waals surface area (Å²) in [4.78, 5) is 30.0. The molecule has 8 heteroatoms. The van der Waals surface area contributed by atoms with Gasteiger partial charge in [-0.05, 0) is 67.6 Å². The van der Waals surface area contributed by atoms with Crippen LogP contribution in [0.3, 0.4) is 0 Å². The van der Waals surface area contributed by atoms with Crippen molar-refractivity contribution in [1.29, 1.82) is 0 Å². The second-order valence-corrected chi connectivity index (χ2v) is 8.72. The van der Waals surface area contributed by atoms with Gasteiger partial charge in [0.15, 0.2) is 6.10 Å². The van der Waals surface area contributed by atoms with Crippen molar-refractivity contribution >= 4 is 34.4 Å². The van der Waals surface area contributed by atoms with Gasteiger partial charge in [-0.1, -0.05) is 11.6 Å². The summed E-state index contributed by atoms with van der Waals surface area (Å²) < 4.78 is 19.4. The first-order valence-electron chi connectivity index (χ1n) is 10.8. The first-order chi connectivity index (χ1) is 15.8. The molecule has 3 aromatic rings. The van der Waals surface area contributed by atoms with Gasteiger partial charge in [0, 0.05) is 42.7 Å². The van der Waals surface area contributed by atoms with E-state index in [1.54, 1.807) is 36.2 Å². The van der Waals surface area contributed by atoms with E-state index in [0.29, 0.717) is 34.9 Å². The SMILES string of the molecule is C[C@@H](Oc1ccc2c(-c3ccc(F)cc3Cl)ccnc2c1)C(=O)N1CCC[C@H](CC(=O)O)C1. The quantitative estimate of drug-likeness (QED) is 0.537. The van der Waals surface area contributed by atoms with Gasteiger partial charge in [0.25, 0.3) is 5.91 Å². The van der Waals surface area contributed by atoms with Gasteiger partial charge in [0.05, 0.1) is 10.5 Å². The summed E-state index contributed by atoms with van der Waals surface area (Å²) in [5.74, 6) is -0.945. The van der Waals surface area contributed by atoms with E-state index in [-0.39, 0.29) is 18.2 Å². The third-order valence-corrected chi connectivity index (χ3v) is 6.20. The van der Waals surface area contributed by atoms with Crippen molar-refractivity contribution in [2.45, 2.75) is 32.3 Å². The van der Waals surface area contributed by atoms with Gasteiger partial charge in [-0.2, -0.15) is 0 Å². The molecule has 0 unspecified atom stereocenters. The van der Waals surface area contributed by atoms with Crippen LogP contribution in [0.25, 0.3) is 22.0 Å². The molecule has 1 aliphatic heterocycles. The molecule has 1 aromatic heterocycles. The molecule has 0 radical (unpaired) electrons. The largest absolute Gasteiger partial charge is 0.481 e. The average molecular weight is 471 g/mol. The molecule has 1 saturated heterocycles. The van der Waals surface area contributed by atoms with Gasteiger partial charge in [-0.25, -0.2) is 4.39 Å². The maximum atomic E-state index is 13.5. The first-order valence-corrected chi connectivity index (χ1v) is 11.2. The Morgan fingerprint density at radius 1 is 1.24 bits per heavy atom. The molecule has 1 aliphatic rings. The molecule has 4 rings (SSSR count). The number of hydrogen-bond acceptors (Lipinski definition) is 4. The van der Waals surface area contributed by atoms with E-state index in [1.165, 1.54) is 12.1 Å². The van der Waals surface area contributed by atoms with Crippen LogP contribution in [0.15, 0.2) is 48.7 Å². The molecule has 2 aromatic carbocycles. The summed E-state index contributed by atoms with van der Waals surface area (Å²) >= 11 is 6.25. The third-order valence-electron chi connectivity index (χ3n) is 5.89. The molecule has 1 amide bonds. The Hall–Kier alpha value is -3.19. The van der Waals surface area contributed by atoms with E-state index in [2.05, 4.69) is 4.98 Å². The Balaban J connectivity index is 1.51. The van der Waals surface area contributed by atoms with Gasteiger partial charge >= 0.3 is 5.97 Å². The number of carbonyl (C=O) groups excluding carboxylic acids is 1. The molecular formula is C25H24ClFN2O4. The molecule has 0 saturated carbocycles. The molecule has 33 heavy (non-hydrogen) atoms. The Morgan fingerprint density at radius 2 is 2.06 bits per heavy atom. The number of amides is 1. The summed E-state index contributed by atoms with van der Waals surface area (Å²) in [5.41, 5.74) is 2.17. The number of nitrogens with zero attached hydrogens (tertiary/aromatic N) is 2. The molecule has 0 aliphatic carbocycles. The Morgan fingerprint density at radius 3 is 2.82 bits per heavy atom. The highest BCUT2D eigenvalue weighted by molar-refractivity contribution is 6.33.